The molecule has 0 spiro atoms. The van der Waals surface area contributed by atoms with Gasteiger partial charge in [0.25, 0.3) is 5.91 Å². The van der Waals surface area contributed by atoms with Crippen molar-refractivity contribution in [3.05, 3.63) is 47.9 Å². The summed E-state index contributed by atoms with van der Waals surface area (Å²) in [5, 5.41) is 2.62. The number of ether oxygens (including phenoxy) is 1. The first kappa shape index (κ1) is 19.5. The highest BCUT2D eigenvalue weighted by molar-refractivity contribution is 5.92. The van der Waals surface area contributed by atoms with E-state index in [2.05, 4.69) is 20.0 Å². The van der Waals surface area contributed by atoms with Crippen molar-refractivity contribution in [3.63, 3.8) is 0 Å². The minimum Gasteiger partial charge on any atom is -0.406 e. The Labute approximate surface area is 149 Å². The highest BCUT2D eigenvalue weighted by atomic mass is 19.4. The molecule has 0 unspecified atom stereocenters. The average Bonchev–Trinajstić information content (AvgIpc) is 2.59. The van der Waals surface area contributed by atoms with E-state index in [1.807, 2.05) is 18.9 Å². The highest BCUT2D eigenvalue weighted by Crippen LogP contribution is 2.23. The first-order valence-corrected chi connectivity index (χ1v) is 7.94. The van der Waals surface area contributed by atoms with Gasteiger partial charge in [0, 0.05) is 26.2 Å². The second kappa shape index (κ2) is 8.50. The zero-order valence-corrected chi connectivity index (χ0v) is 14.4. The first-order chi connectivity index (χ1) is 12.3. The van der Waals surface area contributed by atoms with E-state index in [4.69, 9.17) is 0 Å². The Morgan fingerprint density at radius 3 is 2.73 bits per heavy atom. The van der Waals surface area contributed by atoms with Gasteiger partial charge in [0.2, 0.25) is 0 Å². The van der Waals surface area contributed by atoms with Crippen molar-refractivity contribution in [1.29, 1.82) is 0 Å². The Kier molecular flexibility index (Phi) is 6.37. The van der Waals surface area contributed by atoms with Gasteiger partial charge in [-0.3, -0.25) is 4.79 Å². The molecular formula is C17H19F3N4O2. The maximum atomic E-state index is 12.3. The van der Waals surface area contributed by atoms with Crippen LogP contribution in [0.1, 0.15) is 29.4 Å². The molecule has 1 N–H and O–H groups in total. The van der Waals surface area contributed by atoms with Crippen molar-refractivity contribution in [2.75, 3.05) is 18.5 Å². The Balaban J connectivity index is 2.01. The molecule has 1 amide bonds. The van der Waals surface area contributed by atoms with E-state index < -0.39 is 12.3 Å². The lowest BCUT2D eigenvalue weighted by molar-refractivity contribution is -0.274. The van der Waals surface area contributed by atoms with Gasteiger partial charge in [-0.25, -0.2) is 9.97 Å². The van der Waals surface area contributed by atoms with Crippen molar-refractivity contribution in [2.45, 2.75) is 26.3 Å². The van der Waals surface area contributed by atoms with Crippen molar-refractivity contribution in [2.24, 2.45) is 0 Å². The standard InChI is InChI=1S/C17H19F3N4O2/c1-3-7-24(2)15-9-14(22-11-23-15)16(25)21-10-12-5-4-6-13(8-12)26-17(18,19)20/h4-6,8-9,11H,3,7,10H2,1-2H3,(H,21,25). The van der Waals surface area contributed by atoms with E-state index in [9.17, 15) is 18.0 Å². The SMILES string of the molecule is CCCN(C)c1cc(C(=O)NCc2cccc(OC(F)(F)F)c2)ncn1. The van der Waals surface area contributed by atoms with Gasteiger partial charge < -0.3 is 15.0 Å². The zero-order valence-electron chi connectivity index (χ0n) is 14.4. The number of hydrogen-bond donors (Lipinski definition) is 1. The molecule has 0 saturated carbocycles. The molecule has 0 bridgehead atoms. The number of alkyl halides is 3. The number of amides is 1. The molecular weight excluding hydrogens is 349 g/mol. The number of nitrogens with one attached hydrogen (secondary N) is 1. The maximum absolute atomic E-state index is 12.3. The Hall–Kier alpha value is -2.84. The summed E-state index contributed by atoms with van der Waals surface area (Å²) in [6.45, 7) is 2.85. The maximum Gasteiger partial charge on any atom is 0.573 e. The Morgan fingerprint density at radius 2 is 2.04 bits per heavy atom. The second-order valence-electron chi connectivity index (χ2n) is 5.56. The molecule has 0 radical (unpaired) electrons. The van der Waals surface area contributed by atoms with Crippen molar-refractivity contribution in [3.8, 4) is 5.75 Å². The third-order valence-electron chi connectivity index (χ3n) is 3.42. The monoisotopic (exact) mass is 368 g/mol. The lowest BCUT2D eigenvalue weighted by Crippen LogP contribution is -2.25. The number of aromatic nitrogens is 2. The largest absolute Gasteiger partial charge is 0.573 e. The number of hydrogen-bond acceptors (Lipinski definition) is 5. The number of nitrogens with zero attached hydrogens (tertiary/aromatic N) is 3. The smallest absolute Gasteiger partial charge is 0.406 e. The fraction of sp³-hybridized carbons (Fsp3) is 0.353. The van der Waals surface area contributed by atoms with Crippen LogP contribution in [0.5, 0.6) is 5.75 Å². The Bertz CT molecular complexity index is 753. The van der Waals surface area contributed by atoms with E-state index >= 15 is 0 Å². The van der Waals surface area contributed by atoms with Gasteiger partial charge in [-0.2, -0.15) is 0 Å². The van der Waals surface area contributed by atoms with Crippen LogP contribution in [0.15, 0.2) is 36.7 Å². The first-order valence-electron chi connectivity index (χ1n) is 7.94. The summed E-state index contributed by atoms with van der Waals surface area (Å²) in [6.07, 6.45) is -2.53. The van der Waals surface area contributed by atoms with Gasteiger partial charge >= 0.3 is 6.36 Å². The zero-order chi connectivity index (χ0) is 19.2. The molecule has 0 aliphatic heterocycles. The lowest BCUT2D eigenvalue weighted by atomic mass is 10.2. The summed E-state index contributed by atoms with van der Waals surface area (Å²) in [6, 6.07) is 6.98. The van der Waals surface area contributed by atoms with E-state index in [0.29, 0.717) is 11.4 Å². The number of benzene rings is 1. The lowest BCUT2D eigenvalue weighted by Gasteiger charge is -2.17. The van der Waals surface area contributed by atoms with Crippen LogP contribution in [0.4, 0.5) is 19.0 Å². The molecule has 0 saturated heterocycles. The third-order valence-corrected chi connectivity index (χ3v) is 3.42. The van der Waals surface area contributed by atoms with E-state index in [-0.39, 0.29) is 18.0 Å². The van der Waals surface area contributed by atoms with Crippen LogP contribution >= 0.6 is 0 Å². The van der Waals surface area contributed by atoms with Gasteiger partial charge in [-0.05, 0) is 24.1 Å². The minimum absolute atomic E-state index is 0.0397. The molecule has 2 aromatic rings. The molecule has 0 fully saturated rings. The molecule has 26 heavy (non-hydrogen) atoms. The van der Waals surface area contributed by atoms with Gasteiger partial charge in [-0.15, -0.1) is 13.2 Å². The molecule has 1 heterocycles. The van der Waals surface area contributed by atoms with Crippen LogP contribution in [0.25, 0.3) is 0 Å². The summed E-state index contributed by atoms with van der Waals surface area (Å²) < 4.78 is 40.6. The quantitative estimate of drug-likeness (QED) is 0.813. The number of carbonyl (C=O) groups is 1. The van der Waals surface area contributed by atoms with Crippen LogP contribution in [0.3, 0.4) is 0 Å². The summed E-state index contributed by atoms with van der Waals surface area (Å²) in [4.78, 5) is 22.2. The minimum atomic E-state index is -4.76. The molecule has 9 heteroatoms. The van der Waals surface area contributed by atoms with Gasteiger partial charge in [0.15, 0.2) is 0 Å². The van der Waals surface area contributed by atoms with Gasteiger partial charge in [0.05, 0.1) is 0 Å². The number of halogens is 3. The fourth-order valence-corrected chi connectivity index (χ4v) is 2.26. The summed E-state index contributed by atoms with van der Waals surface area (Å²) in [7, 11) is 1.86. The number of carbonyl (C=O) groups excluding carboxylic acids is 1. The van der Waals surface area contributed by atoms with Crippen LogP contribution in [-0.4, -0.2) is 35.8 Å². The van der Waals surface area contributed by atoms with Crippen molar-refractivity contribution >= 4 is 11.7 Å². The predicted octanol–water partition coefficient (Wildman–Crippen LogP) is 3.15. The van der Waals surface area contributed by atoms with Gasteiger partial charge in [0.1, 0.15) is 23.6 Å². The summed E-state index contributed by atoms with van der Waals surface area (Å²) >= 11 is 0. The van der Waals surface area contributed by atoms with Crippen LogP contribution < -0.4 is 15.0 Å². The van der Waals surface area contributed by atoms with Crippen LogP contribution in [0.2, 0.25) is 0 Å². The topological polar surface area (TPSA) is 67.4 Å². The molecule has 1 aromatic carbocycles. The number of anilines is 1. The fourth-order valence-electron chi connectivity index (χ4n) is 2.26. The predicted molar refractivity (Wildman–Crippen MR) is 89.9 cm³/mol. The van der Waals surface area contributed by atoms with Crippen molar-refractivity contribution < 1.29 is 22.7 Å². The molecule has 1 aromatic heterocycles. The third kappa shape index (κ3) is 5.91. The highest BCUT2D eigenvalue weighted by Gasteiger charge is 2.31. The molecule has 0 aliphatic carbocycles. The summed E-state index contributed by atoms with van der Waals surface area (Å²) in [5.74, 6) is -0.164. The molecule has 140 valence electrons. The normalized spacial score (nSPS) is 11.1. The van der Waals surface area contributed by atoms with E-state index in [1.165, 1.54) is 24.5 Å². The second-order valence-corrected chi connectivity index (χ2v) is 5.56. The molecule has 0 aliphatic rings. The Morgan fingerprint density at radius 1 is 1.27 bits per heavy atom. The average molecular weight is 368 g/mol. The van der Waals surface area contributed by atoms with Crippen LogP contribution in [-0.2, 0) is 6.54 Å². The van der Waals surface area contributed by atoms with Crippen LogP contribution in [0, 0.1) is 0 Å². The molecule has 6 nitrogen and oxygen atoms in total. The molecule has 2 rings (SSSR count). The molecule has 0 atom stereocenters. The summed E-state index contributed by atoms with van der Waals surface area (Å²) in [5.41, 5.74) is 0.651. The van der Waals surface area contributed by atoms with Crippen molar-refractivity contribution in [1.82, 2.24) is 15.3 Å². The van der Waals surface area contributed by atoms with E-state index in [0.717, 1.165) is 13.0 Å². The number of rotatable bonds is 7. The van der Waals surface area contributed by atoms with Gasteiger partial charge in [-0.1, -0.05) is 19.1 Å². The van der Waals surface area contributed by atoms with E-state index in [1.54, 1.807) is 12.1 Å².